The van der Waals surface area contributed by atoms with Crippen LogP contribution in [-0.4, -0.2) is 17.9 Å². The molecule has 1 aliphatic heterocycles. The van der Waals surface area contributed by atoms with Gasteiger partial charge in [-0.05, 0) is 35.7 Å². The molecule has 0 bridgehead atoms. The summed E-state index contributed by atoms with van der Waals surface area (Å²) in [5.41, 5.74) is 1.48. The monoisotopic (exact) mass is 354 g/mol. The van der Waals surface area contributed by atoms with Gasteiger partial charge >= 0.3 is 0 Å². The largest absolute Gasteiger partial charge is 0.454 e. The minimum Gasteiger partial charge on any atom is -0.454 e. The second kappa shape index (κ2) is 6.82. The van der Waals surface area contributed by atoms with E-state index in [0.29, 0.717) is 29.5 Å². The number of nitrogens with zero attached hydrogens (tertiary/aromatic N) is 1. The molecule has 3 aromatic rings. The second-order valence-electron chi connectivity index (χ2n) is 5.32. The van der Waals surface area contributed by atoms with Crippen molar-refractivity contribution in [2.45, 2.75) is 6.54 Å². The van der Waals surface area contributed by atoms with Crippen molar-refractivity contribution in [1.82, 2.24) is 10.5 Å². The van der Waals surface area contributed by atoms with Gasteiger partial charge in [-0.3, -0.25) is 4.79 Å². The third-order valence-electron chi connectivity index (χ3n) is 3.60. The molecule has 0 radical (unpaired) electrons. The number of ether oxygens (including phenoxy) is 2. The van der Waals surface area contributed by atoms with Gasteiger partial charge in [-0.2, -0.15) is 0 Å². The van der Waals surface area contributed by atoms with Crippen LogP contribution in [-0.2, 0) is 11.3 Å². The molecule has 0 saturated heterocycles. The van der Waals surface area contributed by atoms with E-state index in [2.05, 4.69) is 10.5 Å². The number of aromatic nitrogens is 1. The van der Waals surface area contributed by atoms with E-state index in [9.17, 15) is 4.79 Å². The van der Waals surface area contributed by atoms with Crippen molar-refractivity contribution in [1.29, 1.82) is 0 Å². The molecule has 1 aromatic carbocycles. The van der Waals surface area contributed by atoms with Crippen LogP contribution in [0.4, 0.5) is 0 Å². The van der Waals surface area contributed by atoms with Crippen LogP contribution in [0.25, 0.3) is 17.4 Å². The molecular weight excluding hydrogens is 340 g/mol. The third kappa shape index (κ3) is 3.56. The van der Waals surface area contributed by atoms with E-state index < -0.39 is 0 Å². The lowest BCUT2D eigenvalue weighted by Gasteiger charge is -1.98. The van der Waals surface area contributed by atoms with Crippen LogP contribution in [0.15, 0.2) is 52.4 Å². The van der Waals surface area contributed by atoms with Crippen LogP contribution in [0.1, 0.15) is 10.6 Å². The summed E-state index contributed by atoms with van der Waals surface area (Å²) in [7, 11) is 0. The number of carbonyl (C=O) groups is 1. The summed E-state index contributed by atoms with van der Waals surface area (Å²) >= 11 is 1.58. The number of nitrogens with one attached hydrogen (secondary N) is 1. The van der Waals surface area contributed by atoms with E-state index in [1.54, 1.807) is 23.5 Å². The highest BCUT2D eigenvalue weighted by atomic mass is 32.1. The third-order valence-corrected chi connectivity index (χ3v) is 4.44. The molecule has 0 spiro atoms. The van der Waals surface area contributed by atoms with Gasteiger partial charge < -0.3 is 19.3 Å². The first-order valence-corrected chi connectivity index (χ1v) is 8.51. The molecule has 126 valence electrons. The predicted molar refractivity (Wildman–Crippen MR) is 93.3 cm³/mol. The summed E-state index contributed by atoms with van der Waals surface area (Å²) in [5.74, 6) is 1.83. The lowest BCUT2D eigenvalue weighted by Crippen LogP contribution is -2.20. The molecule has 25 heavy (non-hydrogen) atoms. The van der Waals surface area contributed by atoms with Crippen LogP contribution in [0.3, 0.4) is 0 Å². The maximum atomic E-state index is 11.8. The van der Waals surface area contributed by atoms with Crippen molar-refractivity contribution in [2.75, 3.05) is 6.79 Å². The summed E-state index contributed by atoms with van der Waals surface area (Å²) in [5, 5.41) is 8.73. The van der Waals surface area contributed by atoms with E-state index in [0.717, 1.165) is 10.4 Å². The molecule has 0 atom stereocenters. The minimum atomic E-state index is -0.180. The number of hydrogen-bond donors (Lipinski definition) is 1. The maximum absolute atomic E-state index is 11.8. The first-order valence-electron chi connectivity index (χ1n) is 7.63. The Balaban J connectivity index is 1.37. The molecule has 4 rings (SSSR count). The van der Waals surface area contributed by atoms with E-state index in [4.69, 9.17) is 14.0 Å². The first kappa shape index (κ1) is 15.5. The molecule has 0 unspecified atom stereocenters. The summed E-state index contributed by atoms with van der Waals surface area (Å²) in [4.78, 5) is 12.9. The van der Waals surface area contributed by atoms with Crippen molar-refractivity contribution >= 4 is 23.3 Å². The number of benzene rings is 1. The zero-order valence-electron chi connectivity index (χ0n) is 13.1. The Hall–Kier alpha value is -3.06. The van der Waals surface area contributed by atoms with Gasteiger partial charge in [0.25, 0.3) is 0 Å². The van der Waals surface area contributed by atoms with Gasteiger partial charge in [-0.15, -0.1) is 11.3 Å². The molecule has 0 fully saturated rings. The first-order chi connectivity index (χ1) is 12.3. The molecule has 1 amide bonds. The van der Waals surface area contributed by atoms with Crippen molar-refractivity contribution < 1.29 is 18.8 Å². The zero-order chi connectivity index (χ0) is 17.1. The molecule has 2 aromatic heterocycles. The zero-order valence-corrected chi connectivity index (χ0v) is 13.9. The number of thiophene rings is 1. The van der Waals surface area contributed by atoms with Gasteiger partial charge in [0, 0.05) is 22.6 Å². The van der Waals surface area contributed by atoms with E-state index in [1.807, 2.05) is 35.7 Å². The summed E-state index contributed by atoms with van der Waals surface area (Å²) in [6.07, 6.45) is 3.28. The summed E-state index contributed by atoms with van der Waals surface area (Å²) in [6, 6.07) is 11.2. The Labute approximate surface area is 147 Å². The maximum Gasteiger partial charge on any atom is 0.244 e. The fourth-order valence-electron chi connectivity index (χ4n) is 2.36. The van der Waals surface area contributed by atoms with Crippen molar-refractivity contribution in [3.05, 3.63) is 58.4 Å². The Bertz CT molecular complexity index is 915. The van der Waals surface area contributed by atoms with Gasteiger partial charge in [0.1, 0.15) is 5.69 Å². The molecule has 1 N–H and O–H groups in total. The highest BCUT2D eigenvalue weighted by Gasteiger charge is 2.16. The Morgan fingerprint density at radius 1 is 1.24 bits per heavy atom. The van der Waals surface area contributed by atoms with Crippen LogP contribution < -0.4 is 14.8 Å². The van der Waals surface area contributed by atoms with Crippen molar-refractivity contribution in [2.24, 2.45) is 0 Å². The van der Waals surface area contributed by atoms with Gasteiger partial charge in [0.2, 0.25) is 12.7 Å². The van der Waals surface area contributed by atoms with E-state index in [-0.39, 0.29) is 12.7 Å². The van der Waals surface area contributed by atoms with Crippen LogP contribution >= 0.6 is 11.3 Å². The molecular formula is C18H14N2O4S. The Kier molecular flexibility index (Phi) is 4.22. The number of fused-ring (bicyclic) bond motifs is 1. The summed E-state index contributed by atoms with van der Waals surface area (Å²) < 4.78 is 16.0. The van der Waals surface area contributed by atoms with Gasteiger partial charge in [-0.25, -0.2) is 0 Å². The molecule has 7 heteroatoms. The molecule has 0 aliphatic carbocycles. The Morgan fingerprint density at radius 2 is 2.16 bits per heavy atom. The quantitative estimate of drug-likeness (QED) is 0.710. The SMILES string of the molecule is O=C(/C=C/c1cccs1)NCc1cc(-c2ccc3c(c2)OCO3)on1. The Morgan fingerprint density at radius 3 is 3.04 bits per heavy atom. The van der Waals surface area contributed by atoms with Crippen LogP contribution in [0.2, 0.25) is 0 Å². The molecule has 3 heterocycles. The lowest BCUT2D eigenvalue weighted by atomic mass is 10.1. The number of carbonyl (C=O) groups excluding carboxylic acids is 1. The highest BCUT2D eigenvalue weighted by Crippen LogP contribution is 2.35. The molecule has 0 saturated carbocycles. The van der Waals surface area contributed by atoms with Gasteiger partial charge in [0.05, 0.1) is 6.54 Å². The minimum absolute atomic E-state index is 0.180. The normalized spacial score (nSPS) is 12.6. The van der Waals surface area contributed by atoms with Crippen LogP contribution in [0.5, 0.6) is 11.5 Å². The summed E-state index contributed by atoms with van der Waals surface area (Å²) in [6.45, 7) is 0.521. The van der Waals surface area contributed by atoms with Crippen LogP contribution in [0, 0.1) is 0 Å². The van der Waals surface area contributed by atoms with Crippen molar-refractivity contribution in [3.8, 4) is 22.8 Å². The van der Waals surface area contributed by atoms with Gasteiger partial charge in [0.15, 0.2) is 17.3 Å². The number of rotatable bonds is 5. The topological polar surface area (TPSA) is 73.6 Å². The predicted octanol–water partition coefficient (Wildman–Crippen LogP) is 3.46. The standard InChI is InChI=1S/C18H14N2O4S/c21-18(6-4-14-2-1-7-25-14)19-10-13-9-16(24-20-13)12-3-5-15-17(8-12)23-11-22-15/h1-9H,10-11H2,(H,19,21)/b6-4+. The fourth-order valence-corrected chi connectivity index (χ4v) is 2.98. The molecule has 6 nitrogen and oxygen atoms in total. The fraction of sp³-hybridized carbons (Fsp3) is 0.111. The second-order valence-corrected chi connectivity index (χ2v) is 6.30. The van der Waals surface area contributed by atoms with Gasteiger partial charge in [-0.1, -0.05) is 11.2 Å². The molecule has 1 aliphatic rings. The number of hydrogen-bond acceptors (Lipinski definition) is 6. The highest BCUT2D eigenvalue weighted by molar-refractivity contribution is 7.10. The van der Waals surface area contributed by atoms with E-state index in [1.165, 1.54) is 6.08 Å². The smallest absolute Gasteiger partial charge is 0.244 e. The number of amides is 1. The lowest BCUT2D eigenvalue weighted by molar-refractivity contribution is -0.116. The average Bonchev–Trinajstić information content (AvgIpc) is 3.39. The average molecular weight is 354 g/mol. The van der Waals surface area contributed by atoms with E-state index >= 15 is 0 Å². The van der Waals surface area contributed by atoms with Crippen molar-refractivity contribution in [3.63, 3.8) is 0 Å².